The van der Waals surface area contributed by atoms with Gasteiger partial charge in [-0.25, -0.2) is 8.42 Å². The molecule has 0 spiro atoms. The lowest BCUT2D eigenvalue weighted by atomic mass is 10.2. The van der Waals surface area contributed by atoms with Gasteiger partial charge in [0.15, 0.2) is 0 Å². The van der Waals surface area contributed by atoms with Gasteiger partial charge in [-0.3, -0.25) is 4.31 Å². The Morgan fingerprint density at radius 3 is 2.69 bits per heavy atom. The van der Waals surface area contributed by atoms with E-state index in [0.29, 0.717) is 13.0 Å². The molecule has 2 N–H and O–H groups in total. The van der Waals surface area contributed by atoms with Gasteiger partial charge in [0.05, 0.1) is 10.9 Å². The third-order valence-corrected chi connectivity index (χ3v) is 5.29. The summed E-state index contributed by atoms with van der Waals surface area (Å²) in [5, 5.41) is -0.424. The van der Waals surface area contributed by atoms with E-state index in [1.165, 1.54) is 4.31 Å². The zero-order valence-electron chi connectivity index (χ0n) is 9.26. The topological polar surface area (TPSA) is 63.4 Å². The predicted molar refractivity (Wildman–Crippen MR) is 64.9 cm³/mol. The fraction of sp³-hybridized carbons (Fsp3) is 0.455. The number of benzene rings is 1. The smallest absolute Gasteiger partial charge is 0.239 e. The van der Waals surface area contributed by atoms with Crippen molar-refractivity contribution in [2.45, 2.75) is 18.6 Å². The van der Waals surface area contributed by atoms with E-state index in [1.54, 1.807) is 0 Å². The number of nitrogens with two attached hydrogens (primary N) is 1. The molecule has 0 unspecified atom stereocenters. The first-order valence-electron chi connectivity index (χ1n) is 5.34. The second kappa shape index (κ2) is 4.07. The van der Waals surface area contributed by atoms with Crippen molar-refractivity contribution in [3.8, 4) is 0 Å². The summed E-state index contributed by atoms with van der Waals surface area (Å²) in [4.78, 5) is 0. The van der Waals surface area contributed by atoms with Crippen LogP contribution < -0.4 is 10.0 Å². The summed E-state index contributed by atoms with van der Waals surface area (Å²) >= 11 is 0. The minimum Gasteiger partial charge on any atom is -0.329 e. The number of hydrogen-bond acceptors (Lipinski definition) is 3. The summed E-state index contributed by atoms with van der Waals surface area (Å²) in [5.41, 5.74) is 7.23. The minimum atomic E-state index is -3.25. The van der Waals surface area contributed by atoms with Gasteiger partial charge in [-0.2, -0.15) is 0 Å². The molecule has 1 atom stereocenters. The van der Waals surface area contributed by atoms with Gasteiger partial charge in [0.2, 0.25) is 10.0 Å². The number of para-hydroxylation sites is 1. The third-order valence-electron chi connectivity index (χ3n) is 3.03. The molecular weight excluding hydrogens is 224 g/mol. The highest BCUT2D eigenvalue weighted by Gasteiger charge is 2.38. The van der Waals surface area contributed by atoms with Gasteiger partial charge in [0, 0.05) is 13.1 Å². The standard InChI is InChI=1S/C11H16N2O2S/c1-9-4-2-3-5-11(9)13-7-6-10(8-12)16(13,14)15/h2-5,10H,6-8,12H2,1H3/t10-/m1/s1. The lowest BCUT2D eigenvalue weighted by Gasteiger charge is -2.20. The first-order chi connectivity index (χ1) is 7.57. The maximum Gasteiger partial charge on any atom is 0.239 e. The molecule has 0 saturated carbocycles. The number of anilines is 1. The Bertz CT molecular complexity index is 485. The van der Waals surface area contributed by atoms with Crippen molar-refractivity contribution in [2.75, 3.05) is 17.4 Å². The van der Waals surface area contributed by atoms with Crippen molar-refractivity contribution in [1.82, 2.24) is 0 Å². The van der Waals surface area contributed by atoms with Crippen LogP contribution in [0.1, 0.15) is 12.0 Å². The van der Waals surface area contributed by atoms with Crippen LogP contribution in [0.5, 0.6) is 0 Å². The molecular formula is C11H16N2O2S. The van der Waals surface area contributed by atoms with Crippen LogP contribution >= 0.6 is 0 Å². The molecule has 0 amide bonds. The monoisotopic (exact) mass is 240 g/mol. The van der Waals surface area contributed by atoms with Crippen LogP contribution in [0.15, 0.2) is 24.3 Å². The summed E-state index contributed by atoms with van der Waals surface area (Å²) < 4.78 is 25.7. The van der Waals surface area contributed by atoms with Crippen molar-refractivity contribution in [1.29, 1.82) is 0 Å². The molecule has 1 aliphatic rings. The molecule has 1 aliphatic heterocycles. The average molecular weight is 240 g/mol. The SMILES string of the molecule is Cc1ccccc1N1CC[C@H](CN)S1(=O)=O. The van der Waals surface area contributed by atoms with Crippen LogP contribution in [-0.2, 0) is 10.0 Å². The second-order valence-electron chi connectivity index (χ2n) is 4.05. The van der Waals surface area contributed by atoms with Gasteiger partial charge in [-0.15, -0.1) is 0 Å². The third kappa shape index (κ3) is 1.70. The van der Waals surface area contributed by atoms with Crippen molar-refractivity contribution in [3.63, 3.8) is 0 Å². The van der Waals surface area contributed by atoms with Crippen molar-refractivity contribution in [2.24, 2.45) is 5.73 Å². The number of aryl methyl sites for hydroxylation is 1. The van der Waals surface area contributed by atoms with E-state index in [0.717, 1.165) is 11.3 Å². The maximum atomic E-state index is 12.1. The fourth-order valence-corrected chi connectivity index (χ4v) is 3.90. The number of hydrogen-bond donors (Lipinski definition) is 1. The van der Waals surface area contributed by atoms with E-state index < -0.39 is 15.3 Å². The van der Waals surface area contributed by atoms with Crippen LogP contribution in [0.4, 0.5) is 5.69 Å². The largest absolute Gasteiger partial charge is 0.329 e. The lowest BCUT2D eigenvalue weighted by Crippen LogP contribution is -2.33. The number of nitrogens with zero attached hydrogens (tertiary/aromatic N) is 1. The molecule has 1 aromatic carbocycles. The Labute approximate surface area is 96.1 Å². The Balaban J connectivity index is 2.42. The minimum absolute atomic E-state index is 0.199. The zero-order chi connectivity index (χ0) is 11.8. The van der Waals surface area contributed by atoms with Crippen LogP contribution in [-0.4, -0.2) is 26.8 Å². The number of rotatable bonds is 2. The summed E-state index contributed by atoms with van der Waals surface area (Å²) in [6.07, 6.45) is 0.618. The van der Waals surface area contributed by atoms with E-state index in [-0.39, 0.29) is 6.54 Å². The highest BCUT2D eigenvalue weighted by molar-refractivity contribution is 7.93. The Morgan fingerprint density at radius 2 is 2.12 bits per heavy atom. The van der Waals surface area contributed by atoms with Crippen LogP contribution in [0.2, 0.25) is 0 Å². The molecule has 88 valence electrons. The number of sulfonamides is 1. The van der Waals surface area contributed by atoms with Gasteiger partial charge in [-0.1, -0.05) is 18.2 Å². The van der Waals surface area contributed by atoms with Gasteiger partial charge in [0.1, 0.15) is 0 Å². The molecule has 0 bridgehead atoms. The Kier molecular flexibility index (Phi) is 2.90. The van der Waals surface area contributed by atoms with E-state index in [2.05, 4.69) is 0 Å². The first-order valence-corrected chi connectivity index (χ1v) is 6.85. The molecule has 0 aromatic heterocycles. The van der Waals surface area contributed by atoms with Gasteiger partial charge < -0.3 is 5.73 Å². The van der Waals surface area contributed by atoms with Gasteiger partial charge in [-0.05, 0) is 25.0 Å². The first kappa shape index (κ1) is 11.4. The zero-order valence-corrected chi connectivity index (χ0v) is 10.1. The Morgan fingerprint density at radius 1 is 1.44 bits per heavy atom. The molecule has 1 fully saturated rings. The highest BCUT2D eigenvalue weighted by Crippen LogP contribution is 2.30. The molecule has 0 radical (unpaired) electrons. The van der Waals surface area contributed by atoms with Gasteiger partial charge >= 0.3 is 0 Å². The van der Waals surface area contributed by atoms with Crippen LogP contribution in [0.25, 0.3) is 0 Å². The average Bonchev–Trinajstić information content (AvgIpc) is 2.54. The molecule has 16 heavy (non-hydrogen) atoms. The summed E-state index contributed by atoms with van der Waals surface area (Å²) in [6.45, 7) is 2.65. The predicted octanol–water partition coefficient (Wildman–Crippen LogP) is 0.862. The fourth-order valence-electron chi connectivity index (χ4n) is 2.06. The van der Waals surface area contributed by atoms with Crippen molar-refractivity contribution < 1.29 is 8.42 Å². The summed E-state index contributed by atoms with van der Waals surface area (Å²) in [5.74, 6) is 0. The summed E-state index contributed by atoms with van der Waals surface area (Å²) in [7, 11) is -3.25. The maximum absolute atomic E-state index is 12.1. The molecule has 1 saturated heterocycles. The molecule has 5 heteroatoms. The quantitative estimate of drug-likeness (QED) is 0.834. The lowest BCUT2D eigenvalue weighted by molar-refractivity contribution is 0.588. The van der Waals surface area contributed by atoms with Gasteiger partial charge in [0.25, 0.3) is 0 Å². The van der Waals surface area contributed by atoms with Crippen LogP contribution in [0.3, 0.4) is 0 Å². The van der Waals surface area contributed by atoms with E-state index in [4.69, 9.17) is 5.73 Å². The summed E-state index contributed by atoms with van der Waals surface area (Å²) in [6, 6.07) is 7.52. The van der Waals surface area contributed by atoms with E-state index in [9.17, 15) is 8.42 Å². The van der Waals surface area contributed by atoms with Crippen molar-refractivity contribution in [3.05, 3.63) is 29.8 Å². The van der Waals surface area contributed by atoms with E-state index >= 15 is 0 Å². The normalized spacial score (nSPS) is 23.6. The van der Waals surface area contributed by atoms with Crippen LogP contribution in [0, 0.1) is 6.92 Å². The molecule has 0 aliphatic carbocycles. The van der Waals surface area contributed by atoms with Crippen molar-refractivity contribution >= 4 is 15.7 Å². The molecule has 1 aromatic rings. The second-order valence-corrected chi connectivity index (χ2v) is 6.19. The molecule has 4 nitrogen and oxygen atoms in total. The van der Waals surface area contributed by atoms with E-state index in [1.807, 2.05) is 31.2 Å². The molecule has 2 rings (SSSR count). The highest BCUT2D eigenvalue weighted by atomic mass is 32.2. The Hall–Kier alpha value is -1.07. The molecule has 1 heterocycles.